The Balaban J connectivity index is 1.30. The lowest BCUT2D eigenvalue weighted by atomic mass is 10.0. The quantitative estimate of drug-likeness (QED) is 0.639. The normalized spacial score (nSPS) is 14.3. The highest BCUT2D eigenvalue weighted by molar-refractivity contribution is 5.74. The lowest BCUT2D eigenvalue weighted by Crippen LogP contribution is -2.44. The summed E-state index contributed by atoms with van der Waals surface area (Å²) in [7, 11) is 0. The summed E-state index contributed by atoms with van der Waals surface area (Å²) in [5, 5.41) is 6.17. The molecule has 0 aliphatic heterocycles. The van der Waals surface area contributed by atoms with Crippen LogP contribution in [0.25, 0.3) is 11.1 Å². The van der Waals surface area contributed by atoms with E-state index in [2.05, 4.69) is 64.1 Å². The second-order valence-corrected chi connectivity index (χ2v) is 7.39. The van der Waals surface area contributed by atoms with Gasteiger partial charge in [-0.3, -0.25) is 4.98 Å². The highest BCUT2D eigenvalue weighted by atomic mass is 16.2. The number of benzene rings is 2. The summed E-state index contributed by atoms with van der Waals surface area (Å²) in [6, 6.07) is 22.7. The monoisotopic (exact) mass is 371 g/mol. The molecular weight excluding hydrogens is 346 g/mol. The van der Waals surface area contributed by atoms with Gasteiger partial charge in [-0.15, -0.1) is 0 Å². The van der Waals surface area contributed by atoms with Crippen LogP contribution in [0.4, 0.5) is 4.79 Å². The maximum atomic E-state index is 12.4. The Morgan fingerprint density at radius 1 is 0.893 bits per heavy atom. The molecule has 1 aliphatic carbocycles. The molecule has 3 aromatic rings. The fourth-order valence-corrected chi connectivity index (χ4v) is 3.46. The van der Waals surface area contributed by atoms with Crippen LogP contribution in [0.2, 0.25) is 0 Å². The van der Waals surface area contributed by atoms with Gasteiger partial charge in [-0.1, -0.05) is 54.6 Å². The van der Waals surface area contributed by atoms with Crippen LogP contribution in [-0.4, -0.2) is 17.1 Å². The molecule has 0 saturated heterocycles. The zero-order chi connectivity index (χ0) is 19.2. The van der Waals surface area contributed by atoms with Crippen molar-refractivity contribution in [3.05, 3.63) is 90.3 Å². The van der Waals surface area contributed by atoms with Crippen LogP contribution in [0.1, 0.15) is 24.0 Å². The standard InChI is InChI=1S/C24H25N3O/c28-24(27-23(22-10-11-22)16-18-4-2-1-3-5-18)26-17-19-6-8-20(9-7-19)21-12-14-25-15-13-21/h1-9,12-15,22-23H,10-11,16-17H2,(H2,26,27,28). The third-order valence-corrected chi connectivity index (χ3v) is 5.23. The first-order chi connectivity index (χ1) is 13.8. The second-order valence-electron chi connectivity index (χ2n) is 7.39. The summed E-state index contributed by atoms with van der Waals surface area (Å²) in [5.74, 6) is 0.602. The van der Waals surface area contributed by atoms with Crippen molar-refractivity contribution in [2.75, 3.05) is 0 Å². The van der Waals surface area contributed by atoms with Gasteiger partial charge in [0.25, 0.3) is 0 Å². The molecule has 1 aliphatic rings. The number of carbonyl (C=O) groups is 1. The number of hydrogen-bond acceptors (Lipinski definition) is 2. The molecule has 0 radical (unpaired) electrons. The van der Waals surface area contributed by atoms with E-state index in [9.17, 15) is 4.79 Å². The summed E-state index contributed by atoms with van der Waals surface area (Å²) in [4.78, 5) is 16.5. The first kappa shape index (κ1) is 18.2. The van der Waals surface area contributed by atoms with Crippen molar-refractivity contribution in [1.29, 1.82) is 0 Å². The topological polar surface area (TPSA) is 54.0 Å². The molecule has 1 heterocycles. The number of aromatic nitrogens is 1. The maximum absolute atomic E-state index is 12.4. The number of pyridine rings is 1. The third-order valence-electron chi connectivity index (χ3n) is 5.23. The van der Waals surface area contributed by atoms with Crippen LogP contribution >= 0.6 is 0 Å². The van der Waals surface area contributed by atoms with E-state index in [1.54, 1.807) is 12.4 Å². The number of hydrogen-bond donors (Lipinski definition) is 2. The Morgan fingerprint density at radius 2 is 1.57 bits per heavy atom. The smallest absolute Gasteiger partial charge is 0.315 e. The largest absolute Gasteiger partial charge is 0.335 e. The number of rotatable bonds is 7. The predicted molar refractivity (Wildman–Crippen MR) is 112 cm³/mol. The van der Waals surface area contributed by atoms with Crippen molar-refractivity contribution in [2.24, 2.45) is 5.92 Å². The first-order valence-corrected chi connectivity index (χ1v) is 9.85. The average molecular weight is 371 g/mol. The van der Waals surface area contributed by atoms with Crippen LogP contribution in [0.15, 0.2) is 79.1 Å². The molecule has 2 aromatic carbocycles. The van der Waals surface area contributed by atoms with Crippen molar-refractivity contribution in [3.8, 4) is 11.1 Å². The lowest BCUT2D eigenvalue weighted by molar-refractivity contribution is 0.235. The Labute approximate surface area is 166 Å². The van der Waals surface area contributed by atoms with Gasteiger partial charge >= 0.3 is 6.03 Å². The number of nitrogens with one attached hydrogen (secondary N) is 2. The maximum Gasteiger partial charge on any atom is 0.315 e. The molecule has 4 heteroatoms. The SMILES string of the molecule is O=C(NCc1ccc(-c2ccncc2)cc1)NC(Cc1ccccc1)C1CC1. The minimum absolute atomic E-state index is 0.0916. The van der Waals surface area contributed by atoms with Crippen LogP contribution in [0, 0.1) is 5.92 Å². The molecule has 1 saturated carbocycles. The highest BCUT2D eigenvalue weighted by Gasteiger charge is 2.32. The molecule has 2 N–H and O–H groups in total. The summed E-state index contributed by atoms with van der Waals surface area (Å²) in [6.45, 7) is 0.519. The van der Waals surface area contributed by atoms with Gasteiger partial charge in [0, 0.05) is 25.0 Å². The van der Waals surface area contributed by atoms with E-state index in [0.29, 0.717) is 12.5 Å². The summed E-state index contributed by atoms with van der Waals surface area (Å²) in [6.07, 6.45) is 6.88. The van der Waals surface area contributed by atoms with Crippen molar-refractivity contribution >= 4 is 6.03 Å². The van der Waals surface area contributed by atoms with Crippen molar-refractivity contribution in [1.82, 2.24) is 15.6 Å². The van der Waals surface area contributed by atoms with Gasteiger partial charge in [-0.25, -0.2) is 4.79 Å². The van der Waals surface area contributed by atoms with Gasteiger partial charge in [0.1, 0.15) is 0 Å². The molecule has 4 rings (SSSR count). The summed E-state index contributed by atoms with van der Waals surface area (Å²) >= 11 is 0. The fraction of sp³-hybridized carbons (Fsp3) is 0.250. The van der Waals surface area contributed by atoms with Gasteiger partial charge in [0.05, 0.1) is 0 Å². The van der Waals surface area contributed by atoms with Gasteiger partial charge in [0.15, 0.2) is 0 Å². The van der Waals surface area contributed by atoms with Crippen LogP contribution in [0.5, 0.6) is 0 Å². The molecular formula is C24H25N3O. The lowest BCUT2D eigenvalue weighted by Gasteiger charge is -2.19. The number of carbonyl (C=O) groups excluding carboxylic acids is 1. The van der Waals surface area contributed by atoms with Gasteiger partial charge in [0.2, 0.25) is 0 Å². The van der Waals surface area contributed by atoms with E-state index in [0.717, 1.165) is 23.1 Å². The van der Waals surface area contributed by atoms with Gasteiger partial charge < -0.3 is 10.6 Å². The Kier molecular flexibility index (Phi) is 5.66. The van der Waals surface area contributed by atoms with Gasteiger partial charge in [-0.05, 0) is 59.6 Å². The second kappa shape index (κ2) is 8.70. The van der Waals surface area contributed by atoms with Crippen LogP contribution in [0.3, 0.4) is 0 Å². The zero-order valence-corrected chi connectivity index (χ0v) is 15.8. The van der Waals surface area contributed by atoms with Crippen LogP contribution < -0.4 is 10.6 Å². The third kappa shape index (κ3) is 4.97. The Morgan fingerprint density at radius 3 is 2.25 bits per heavy atom. The van der Waals surface area contributed by atoms with E-state index in [1.165, 1.54) is 18.4 Å². The Hall–Kier alpha value is -3.14. The van der Waals surface area contributed by atoms with E-state index >= 15 is 0 Å². The summed E-state index contributed by atoms with van der Waals surface area (Å²) < 4.78 is 0. The van der Waals surface area contributed by atoms with E-state index in [1.807, 2.05) is 18.2 Å². The minimum atomic E-state index is -0.0916. The number of urea groups is 1. The predicted octanol–water partition coefficient (Wildman–Crippen LogP) is 4.57. The molecule has 1 unspecified atom stereocenters. The zero-order valence-electron chi connectivity index (χ0n) is 15.8. The van der Waals surface area contributed by atoms with E-state index in [4.69, 9.17) is 0 Å². The molecule has 4 nitrogen and oxygen atoms in total. The van der Waals surface area contributed by atoms with E-state index in [-0.39, 0.29) is 12.1 Å². The van der Waals surface area contributed by atoms with E-state index < -0.39 is 0 Å². The Bertz CT molecular complexity index is 890. The van der Waals surface area contributed by atoms with Crippen LogP contribution in [-0.2, 0) is 13.0 Å². The molecule has 142 valence electrons. The molecule has 1 atom stereocenters. The van der Waals surface area contributed by atoms with Crippen molar-refractivity contribution in [3.63, 3.8) is 0 Å². The average Bonchev–Trinajstić information content (AvgIpc) is 3.59. The molecule has 1 fully saturated rings. The number of amides is 2. The molecule has 0 spiro atoms. The minimum Gasteiger partial charge on any atom is -0.335 e. The molecule has 2 amide bonds. The summed E-state index contributed by atoms with van der Waals surface area (Å²) in [5.41, 5.74) is 4.64. The highest BCUT2D eigenvalue weighted by Crippen LogP contribution is 2.34. The molecule has 28 heavy (non-hydrogen) atoms. The fourth-order valence-electron chi connectivity index (χ4n) is 3.46. The van der Waals surface area contributed by atoms with Gasteiger partial charge in [-0.2, -0.15) is 0 Å². The number of nitrogens with zero attached hydrogens (tertiary/aromatic N) is 1. The van der Waals surface area contributed by atoms with Crippen molar-refractivity contribution in [2.45, 2.75) is 31.8 Å². The van der Waals surface area contributed by atoms with Crippen molar-refractivity contribution < 1.29 is 4.79 Å². The molecule has 1 aromatic heterocycles. The first-order valence-electron chi connectivity index (χ1n) is 9.85. The molecule has 0 bridgehead atoms.